The lowest BCUT2D eigenvalue weighted by molar-refractivity contribution is -0.115. The predicted molar refractivity (Wildman–Crippen MR) is 59.6 cm³/mol. The van der Waals surface area contributed by atoms with Gasteiger partial charge in [0.25, 0.3) is 0 Å². The van der Waals surface area contributed by atoms with Crippen LogP contribution >= 0.6 is 0 Å². The molecule has 1 N–H and O–H groups in total. The van der Waals surface area contributed by atoms with Gasteiger partial charge in [-0.15, -0.1) is 0 Å². The van der Waals surface area contributed by atoms with E-state index in [2.05, 4.69) is 5.32 Å². The van der Waals surface area contributed by atoms with E-state index in [1.807, 2.05) is 0 Å². The number of hydrogen-bond donors (Lipinski definition) is 1. The number of benzene rings is 1. The highest BCUT2D eigenvalue weighted by atomic mass is 32.2. The van der Waals surface area contributed by atoms with Crippen molar-refractivity contribution in [1.29, 1.82) is 0 Å². The second kappa shape index (κ2) is 3.57. The molecule has 1 heterocycles. The summed E-state index contributed by atoms with van der Waals surface area (Å²) in [4.78, 5) is 11.3. The first-order chi connectivity index (χ1) is 7.41. The van der Waals surface area contributed by atoms with Crippen LogP contribution in [-0.2, 0) is 21.2 Å². The van der Waals surface area contributed by atoms with E-state index >= 15 is 0 Å². The van der Waals surface area contributed by atoms with Gasteiger partial charge in [-0.05, 0) is 23.8 Å². The molecule has 0 unspecified atom stereocenters. The molecule has 1 aromatic rings. The minimum atomic E-state index is -3.42. The van der Waals surface area contributed by atoms with Gasteiger partial charge in [-0.3, -0.25) is 4.79 Å². The quantitative estimate of drug-likeness (QED) is 0.815. The summed E-state index contributed by atoms with van der Waals surface area (Å²) in [5.41, 5.74) is 1.43. The first-order valence-corrected chi connectivity index (χ1v) is 6.20. The third-order valence-electron chi connectivity index (χ3n) is 2.48. The number of amides is 1. The molecule has 0 fully saturated rings. The van der Waals surface area contributed by atoms with Crippen molar-refractivity contribution >= 4 is 21.6 Å². The number of nitrogens with zero attached hydrogens (tertiary/aromatic N) is 1. The van der Waals surface area contributed by atoms with E-state index in [-0.39, 0.29) is 17.2 Å². The first-order valence-electron chi connectivity index (χ1n) is 4.76. The fourth-order valence-electron chi connectivity index (χ4n) is 1.58. The number of carbonyl (C=O) groups excluding carboxylic acids is 1. The zero-order chi connectivity index (χ0) is 11.9. The highest BCUT2D eigenvalue weighted by molar-refractivity contribution is 7.89. The first kappa shape index (κ1) is 11.1. The molecule has 0 aromatic heterocycles. The summed E-state index contributed by atoms with van der Waals surface area (Å²) in [5, 5.41) is 2.66. The van der Waals surface area contributed by atoms with E-state index in [0.29, 0.717) is 5.69 Å². The Labute approximate surface area is 94.1 Å². The van der Waals surface area contributed by atoms with Crippen LogP contribution < -0.4 is 5.32 Å². The smallest absolute Gasteiger partial charge is 0.242 e. The second-order valence-electron chi connectivity index (χ2n) is 3.83. The third-order valence-corrected chi connectivity index (χ3v) is 4.29. The van der Waals surface area contributed by atoms with E-state index in [0.717, 1.165) is 9.87 Å². The Balaban J connectivity index is 2.48. The van der Waals surface area contributed by atoms with Crippen LogP contribution in [-0.4, -0.2) is 32.7 Å². The number of sulfonamides is 1. The second-order valence-corrected chi connectivity index (χ2v) is 5.98. The molecule has 2 rings (SSSR count). The Morgan fingerprint density at radius 1 is 1.31 bits per heavy atom. The number of hydrogen-bond acceptors (Lipinski definition) is 3. The average molecular weight is 240 g/mol. The van der Waals surface area contributed by atoms with Crippen molar-refractivity contribution in [2.45, 2.75) is 11.3 Å². The molecule has 1 amide bonds. The lowest BCUT2D eigenvalue weighted by atomic mass is 10.2. The molecule has 0 spiro atoms. The molecule has 0 atom stereocenters. The Morgan fingerprint density at radius 3 is 2.62 bits per heavy atom. The fourth-order valence-corrected chi connectivity index (χ4v) is 2.53. The number of rotatable bonds is 2. The van der Waals surface area contributed by atoms with Crippen molar-refractivity contribution in [2.75, 3.05) is 19.4 Å². The molecule has 16 heavy (non-hydrogen) atoms. The fraction of sp³-hybridized carbons (Fsp3) is 0.300. The number of carbonyl (C=O) groups is 1. The normalized spacial score (nSPS) is 15.1. The summed E-state index contributed by atoms with van der Waals surface area (Å²) < 4.78 is 24.8. The van der Waals surface area contributed by atoms with Gasteiger partial charge in [-0.2, -0.15) is 0 Å². The average Bonchev–Trinajstić information content (AvgIpc) is 2.56. The topological polar surface area (TPSA) is 66.5 Å². The Kier molecular flexibility index (Phi) is 2.47. The molecule has 1 aliphatic heterocycles. The molecule has 0 radical (unpaired) electrons. The van der Waals surface area contributed by atoms with E-state index in [9.17, 15) is 13.2 Å². The van der Waals surface area contributed by atoms with Gasteiger partial charge in [0, 0.05) is 19.8 Å². The van der Waals surface area contributed by atoms with Gasteiger partial charge in [0.05, 0.1) is 11.3 Å². The molecule has 6 heteroatoms. The minimum absolute atomic E-state index is 0.102. The molecule has 0 saturated carbocycles. The Morgan fingerprint density at radius 2 is 2.00 bits per heavy atom. The van der Waals surface area contributed by atoms with Gasteiger partial charge >= 0.3 is 0 Å². The number of fused-ring (bicyclic) bond motifs is 1. The zero-order valence-corrected chi connectivity index (χ0v) is 9.84. The highest BCUT2D eigenvalue weighted by Gasteiger charge is 2.22. The SMILES string of the molecule is CN(C)S(=O)(=O)c1ccc2c(c1)CC(=O)N2. The largest absolute Gasteiger partial charge is 0.326 e. The summed E-state index contributed by atoms with van der Waals surface area (Å²) in [7, 11) is -0.465. The van der Waals surface area contributed by atoms with E-state index in [1.165, 1.54) is 20.2 Å². The minimum Gasteiger partial charge on any atom is -0.326 e. The summed E-state index contributed by atoms with van der Waals surface area (Å²) in [6.45, 7) is 0. The van der Waals surface area contributed by atoms with Gasteiger partial charge in [-0.1, -0.05) is 0 Å². The lowest BCUT2D eigenvalue weighted by Crippen LogP contribution is -2.22. The number of anilines is 1. The molecule has 5 nitrogen and oxygen atoms in total. The predicted octanol–water partition coefficient (Wildman–Crippen LogP) is 0.432. The summed E-state index contributed by atoms with van der Waals surface area (Å²) in [5.74, 6) is -0.102. The standard InChI is InChI=1S/C10H12N2O3S/c1-12(2)16(14,15)8-3-4-9-7(5-8)6-10(13)11-9/h3-5H,6H2,1-2H3,(H,11,13). The molecular formula is C10H12N2O3S. The van der Waals surface area contributed by atoms with Gasteiger partial charge in [0.2, 0.25) is 15.9 Å². The van der Waals surface area contributed by atoms with E-state index in [4.69, 9.17) is 0 Å². The van der Waals surface area contributed by atoms with Crippen LogP contribution in [0.3, 0.4) is 0 Å². The Bertz CT molecular complexity index is 549. The van der Waals surface area contributed by atoms with Crippen LogP contribution in [0.2, 0.25) is 0 Å². The summed E-state index contributed by atoms with van der Waals surface area (Å²) in [6.07, 6.45) is 0.242. The van der Waals surface area contributed by atoms with E-state index in [1.54, 1.807) is 12.1 Å². The molecule has 0 bridgehead atoms. The summed E-state index contributed by atoms with van der Waals surface area (Å²) in [6, 6.07) is 4.67. The van der Waals surface area contributed by atoms with Gasteiger partial charge in [0.1, 0.15) is 0 Å². The van der Waals surface area contributed by atoms with Gasteiger partial charge in [0.15, 0.2) is 0 Å². The van der Waals surface area contributed by atoms with Crippen molar-refractivity contribution in [2.24, 2.45) is 0 Å². The van der Waals surface area contributed by atoms with Crippen LogP contribution in [0.25, 0.3) is 0 Å². The molecule has 1 aromatic carbocycles. The molecule has 0 aliphatic carbocycles. The van der Waals surface area contributed by atoms with Crippen LogP contribution in [0.1, 0.15) is 5.56 Å². The third kappa shape index (κ3) is 1.70. The van der Waals surface area contributed by atoms with Crippen molar-refractivity contribution in [1.82, 2.24) is 4.31 Å². The molecule has 0 saturated heterocycles. The van der Waals surface area contributed by atoms with Crippen molar-refractivity contribution in [3.63, 3.8) is 0 Å². The van der Waals surface area contributed by atoms with Crippen molar-refractivity contribution < 1.29 is 13.2 Å². The van der Waals surface area contributed by atoms with E-state index < -0.39 is 10.0 Å². The monoisotopic (exact) mass is 240 g/mol. The van der Waals surface area contributed by atoms with Crippen LogP contribution in [0.4, 0.5) is 5.69 Å². The zero-order valence-electron chi connectivity index (χ0n) is 9.02. The van der Waals surface area contributed by atoms with Crippen molar-refractivity contribution in [3.8, 4) is 0 Å². The van der Waals surface area contributed by atoms with Gasteiger partial charge in [-0.25, -0.2) is 12.7 Å². The highest BCUT2D eigenvalue weighted by Crippen LogP contribution is 2.26. The maximum absolute atomic E-state index is 11.8. The van der Waals surface area contributed by atoms with Crippen molar-refractivity contribution in [3.05, 3.63) is 23.8 Å². The maximum Gasteiger partial charge on any atom is 0.242 e. The molecule has 86 valence electrons. The number of nitrogens with one attached hydrogen (secondary N) is 1. The lowest BCUT2D eigenvalue weighted by Gasteiger charge is -2.11. The maximum atomic E-state index is 11.8. The molecule has 1 aliphatic rings. The Hall–Kier alpha value is -1.40. The van der Waals surface area contributed by atoms with Crippen LogP contribution in [0, 0.1) is 0 Å². The molecular weight excluding hydrogens is 228 g/mol. The van der Waals surface area contributed by atoms with Crippen LogP contribution in [0.15, 0.2) is 23.1 Å². The summed E-state index contributed by atoms with van der Waals surface area (Å²) >= 11 is 0. The van der Waals surface area contributed by atoms with Crippen LogP contribution in [0.5, 0.6) is 0 Å². The van der Waals surface area contributed by atoms with Gasteiger partial charge < -0.3 is 5.32 Å².